The van der Waals surface area contributed by atoms with Crippen LogP contribution in [-0.4, -0.2) is 17.8 Å². The van der Waals surface area contributed by atoms with Crippen molar-refractivity contribution in [3.05, 3.63) is 95.6 Å². The maximum atomic E-state index is 9.40. The van der Waals surface area contributed by atoms with Crippen LogP contribution in [0.3, 0.4) is 0 Å². The molecule has 3 aromatic carbocycles. The lowest BCUT2D eigenvalue weighted by Crippen LogP contribution is -2.82. The van der Waals surface area contributed by atoms with Crippen molar-refractivity contribution in [2.24, 2.45) is 0 Å². The van der Waals surface area contributed by atoms with Crippen LogP contribution in [0.1, 0.15) is 42.9 Å². The van der Waals surface area contributed by atoms with Crippen LogP contribution in [-0.2, 0) is 6.54 Å². The molecule has 0 radical (unpaired) electrons. The Bertz CT molecular complexity index is 827. The van der Waals surface area contributed by atoms with Gasteiger partial charge in [0.15, 0.2) is 0 Å². The van der Waals surface area contributed by atoms with Crippen molar-refractivity contribution in [2.75, 3.05) is 6.54 Å². The summed E-state index contributed by atoms with van der Waals surface area (Å²) in [7, 11) is 0. The van der Waals surface area contributed by atoms with Gasteiger partial charge in [-0.05, 0) is 61.4 Å². The zero-order valence-electron chi connectivity index (χ0n) is 16.7. The number of benzene rings is 3. The van der Waals surface area contributed by atoms with Crippen LogP contribution in [0.2, 0.25) is 0 Å². The van der Waals surface area contributed by atoms with Crippen LogP contribution in [0.25, 0.3) is 0 Å². The Morgan fingerprint density at radius 1 is 0.821 bits per heavy atom. The van der Waals surface area contributed by atoms with Crippen LogP contribution in [0.15, 0.2) is 78.9 Å². The quantitative estimate of drug-likeness (QED) is 0.542. The normalized spacial score (nSPS) is 12.1. The van der Waals surface area contributed by atoms with Crippen molar-refractivity contribution in [3.8, 4) is 11.5 Å². The van der Waals surface area contributed by atoms with E-state index < -0.39 is 0 Å². The highest BCUT2D eigenvalue weighted by Gasteiger charge is 2.15. The SMILES string of the molecule is CC(C)Oc1ccc([C@@H](CC[NH2+]Cc2ccc(O)cc2)c2ccccc2)cc1. The van der Waals surface area contributed by atoms with E-state index >= 15 is 0 Å². The molecule has 3 heteroatoms. The molecule has 3 nitrogen and oxygen atoms in total. The summed E-state index contributed by atoms with van der Waals surface area (Å²) in [5.74, 6) is 1.60. The first-order chi connectivity index (χ1) is 13.6. The van der Waals surface area contributed by atoms with Gasteiger partial charge in [0.25, 0.3) is 0 Å². The topological polar surface area (TPSA) is 46.1 Å². The maximum absolute atomic E-state index is 9.40. The Labute approximate surface area is 168 Å². The number of rotatable bonds is 9. The molecule has 0 saturated carbocycles. The molecule has 0 saturated heterocycles. The third-order valence-corrected chi connectivity index (χ3v) is 4.83. The average molecular weight is 377 g/mol. The van der Waals surface area contributed by atoms with E-state index in [4.69, 9.17) is 4.74 Å². The summed E-state index contributed by atoms with van der Waals surface area (Å²) in [6.45, 7) is 6.04. The van der Waals surface area contributed by atoms with Crippen LogP contribution in [0, 0.1) is 0 Å². The van der Waals surface area contributed by atoms with Crippen molar-refractivity contribution < 1.29 is 15.2 Å². The minimum absolute atomic E-state index is 0.185. The molecular weight excluding hydrogens is 346 g/mol. The molecule has 0 aliphatic carbocycles. The monoisotopic (exact) mass is 376 g/mol. The summed E-state index contributed by atoms with van der Waals surface area (Å²) in [5.41, 5.74) is 3.89. The third-order valence-electron chi connectivity index (χ3n) is 4.83. The highest BCUT2D eigenvalue weighted by molar-refractivity contribution is 5.36. The Morgan fingerprint density at radius 2 is 1.46 bits per heavy atom. The fraction of sp³-hybridized carbons (Fsp3) is 0.280. The summed E-state index contributed by atoms with van der Waals surface area (Å²) < 4.78 is 5.79. The molecule has 0 spiro atoms. The molecule has 28 heavy (non-hydrogen) atoms. The Hall–Kier alpha value is -2.78. The van der Waals surface area contributed by atoms with Gasteiger partial charge in [0.05, 0.1) is 12.6 Å². The van der Waals surface area contributed by atoms with Gasteiger partial charge in [0.2, 0.25) is 0 Å². The molecular formula is C25H30NO2+. The fourth-order valence-electron chi connectivity index (χ4n) is 3.45. The van der Waals surface area contributed by atoms with Gasteiger partial charge in [0, 0.05) is 17.9 Å². The first-order valence-corrected chi connectivity index (χ1v) is 10.0. The molecule has 0 bridgehead atoms. The molecule has 0 aliphatic heterocycles. The summed E-state index contributed by atoms with van der Waals surface area (Å²) in [6, 6.07) is 26.7. The number of quaternary nitrogens is 1. The second-order valence-corrected chi connectivity index (χ2v) is 7.44. The van der Waals surface area contributed by atoms with Crippen molar-refractivity contribution in [2.45, 2.75) is 38.8 Å². The van der Waals surface area contributed by atoms with Crippen LogP contribution < -0.4 is 10.1 Å². The Kier molecular flexibility index (Phi) is 7.10. The maximum Gasteiger partial charge on any atom is 0.119 e. The van der Waals surface area contributed by atoms with Gasteiger partial charge in [-0.2, -0.15) is 0 Å². The lowest BCUT2D eigenvalue weighted by atomic mass is 9.88. The van der Waals surface area contributed by atoms with Crippen LogP contribution in [0.4, 0.5) is 0 Å². The highest BCUT2D eigenvalue weighted by Crippen LogP contribution is 2.29. The van der Waals surface area contributed by atoms with Gasteiger partial charge >= 0.3 is 0 Å². The second kappa shape index (κ2) is 9.95. The average Bonchev–Trinajstić information content (AvgIpc) is 2.70. The molecule has 0 amide bonds. The zero-order valence-corrected chi connectivity index (χ0v) is 16.7. The van der Waals surface area contributed by atoms with Crippen molar-refractivity contribution >= 4 is 0 Å². The van der Waals surface area contributed by atoms with Gasteiger partial charge in [-0.1, -0.05) is 42.5 Å². The van der Waals surface area contributed by atoms with Gasteiger partial charge in [-0.15, -0.1) is 0 Å². The summed E-state index contributed by atoms with van der Waals surface area (Å²) >= 11 is 0. The first-order valence-electron chi connectivity index (χ1n) is 10.0. The molecule has 3 N–H and O–H groups in total. The number of phenols is 1. The number of nitrogens with two attached hydrogens (primary N) is 1. The van der Waals surface area contributed by atoms with E-state index in [0.29, 0.717) is 11.7 Å². The van der Waals surface area contributed by atoms with Crippen molar-refractivity contribution in [3.63, 3.8) is 0 Å². The number of ether oxygens (including phenoxy) is 1. The van der Waals surface area contributed by atoms with Gasteiger partial charge < -0.3 is 15.2 Å². The number of hydrogen-bond donors (Lipinski definition) is 2. The fourth-order valence-corrected chi connectivity index (χ4v) is 3.45. The van der Waals surface area contributed by atoms with Gasteiger partial charge in [0.1, 0.15) is 18.0 Å². The first kappa shape index (κ1) is 20.0. The van der Waals surface area contributed by atoms with Gasteiger partial charge in [-0.3, -0.25) is 0 Å². The molecule has 0 aliphatic rings. The minimum Gasteiger partial charge on any atom is -0.508 e. The number of aromatic hydroxyl groups is 1. The standard InChI is InChI=1S/C25H29NO2/c1-19(2)28-24-14-10-22(11-15-24)25(21-6-4-3-5-7-21)16-17-26-18-20-8-12-23(27)13-9-20/h3-15,19,25-27H,16-18H2,1-2H3/p+1/t25-/m0/s1. The Morgan fingerprint density at radius 3 is 2.11 bits per heavy atom. The molecule has 0 heterocycles. The molecule has 3 aromatic rings. The molecule has 0 aromatic heterocycles. The van der Waals surface area contributed by atoms with E-state index in [9.17, 15) is 5.11 Å². The number of phenolic OH excluding ortho intramolecular Hbond substituents is 1. The molecule has 1 atom stereocenters. The van der Waals surface area contributed by atoms with Crippen LogP contribution in [0.5, 0.6) is 11.5 Å². The molecule has 0 fully saturated rings. The van der Waals surface area contributed by atoms with Crippen LogP contribution >= 0.6 is 0 Å². The lowest BCUT2D eigenvalue weighted by Gasteiger charge is -2.18. The number of hydrogen-bond acceptors (Lipinski definition) is 2. The smallest absolute Gasteiger partial charge is 0.119 e. The van der Waals surface area contributed by atoms with Crippen molar-refractivity contribution in [1.29, 1.82) is 0 Å². The lowest BCUT2D eigenvalue weighted by molar-refractivity contribution is -0.671. The van der Waals surface area contributed by atoms with Crippen molar-refractivity contribution in [1.82, 2.24) is 0 Å². The van der Waals surface area contributed by atoms with E-state index in [1.807, 2.05) is 26.0 Å². The predicted molar refractivity (Wildman–Crippen MR) is 114 cm³/mol. The van der Waals surface area contributed by atoms with Gasteiger partial charge in [-0.25, -0.2) is 0 Å². The molecule has 146 valence electrons. The summed E-state index contributed by atoms with van der Waals surface area (Å²) in [4.78, 5) is 0. The summed E-state index contributed by atoms with van der Waals surface area (Å²) in [5, 5.41) is 11.7. The second-order valence-electron chi connectivity index (χ2n) is 7.44. The molecule has 0 unspecified atom stereocenters. The highest BCUT2D eigenvalue weighted by atomic mass is 16.5. The van der Waals surface area contributed by atoms with E-state index in [0.717, 1.165) is 25.3 Å². The zero-order chi connectivity index (χ0) is 19.8. The largest absolute Gasteiger partial charge is 0.508 e. The minimum atomic E-state index is 0.185. The summed E-state index contributed by atoms with van der Waals surface area (Å²) in [6.07, 6.45) is 1.25. The van der Waals surface area contributed by atoms with E-state index in [2.05, 4.69) is 59.9 Å². The Balaban J connectivity index is 1.65. The molecule has 3 rings (SSSR count). The van der Waals surface area contributed by atoms with E-state index in [-0.39, 0.29) is 6.10 Å². The van der Waals surface area contributed by atoms with E-state index in [1.165, 1.54) is 16.7 Å². The predicted octanol–water partition coefficient (Wildman–Crippen LogP) is 4.47. The van der Waals surface area contributed by atoms with E-state index in [1.54, 1.807) is 12.1 Å². The third kappa shape index (κ3) is 5.86.